The monoisotopic (exact) mass is 227 g/mol. The van der Waals surface area contributed by atoms with Crippen LogP contribution in [0.5, 0.6) is 0 Å². The van der Waals surface area contributed by atoms with Crippen LogP contribution in [0.1, 0.15) is 20.8 Å². The molecule has 0 aliphatic rings. The molecule has 1 aromatic heterocycles. The Kier molecular flexibility index (Phi) is 4.21. The Hall–Kier alpha value is -0.960. The number of halogens is 1. The largest absolute Gasteiger partial charge is 0.396 e. The van der Waals surface area contributed by atoms with Crippen molar-refractivity contribution < 1.29 is 0 Å². The van der Waals surface area contributed by atoms with E-state index in [4.69, 9.17) is 17.3 Å². The zero-order valence-electron chi connectivity index (χ0n) is 9.42. The first-order valence-corrected chi connectivity index (χ1v) is 5.53. The second-order valence-corrected chi connectivity index (χ2v) is 4.63. The first kappa shape index (κ1) is 12.1. The Morgan fingerprint density at radius 1 is 1.47 bits per heavy atom. The van der Waals surface area contributed by atoms with Crippen LogP contribution in [-0.4, -0.2) is 11.5 Å². The number of hydrogen-bond donors (Lipinski definition) is 2. The summed E-state index contributed by atoms with van der Waals surface area (Å²) in [4.78, 5) is 4.14. The van der Waals surface area contributed by atoms with Gasteiger partial charge in [0.1, 0.15) is 5.82 Å². The van der Waals surface area contributed by atoms with Crippen LogP contribution in [0.4, 0.5) is 11.5 Å². The number of aromatic nitrogens is 1. The Labute approximate surface area is 96.0 Å². The lowest BCUT2D eigenvalue weighted by Crippen LogP contribution is -2.17. The predicted molar refractivity (Wildman–Crippen MR) is 66.2 cm³/mol. The van der Waals surface area contributed by atoms with E-state index in [0.29, 0.717) is 28.4 Å². The van der Waals surface area contributed by atoms with Crippen molar-refractivity contribution >= 4 is 23.1 Å². The Morgan fingerprint density at radius 2 is 2.13 bits per heavy atom. The van der Waals surface area contributed by atoms with Crippen LogP contribution in [0.25, 0.3) is 0 Å². The molecule has 3 N–H and O–H groups in total. The van der Waals surface area contributed by atoms with Crippen LogP contribution in [0.2, 0.25) is 5.02 Å². The van der Waals surface area contributed by atoms with E-state index in [-0.39, 0.29) is 0 Å². The second-order valence-electron chi connectivity index (χ2n) is 4.19. The molecule has 1 aromatic rings. The summed E-state index contributed by atoms with van der Waals surface area (Å²) in [7, 11) is 0. The fraction of sp³-hybridized carbons (Fsp3) is 0.545. The smallest absolute Gasteiger partial charge is 0.149 e. The third-order valence-corrected chi connectivity index (χ3v) is 2.82. The van der Waals surface area contributed by atoms with Crippen molar-refractivity contribution in [2.45, 2.75) is 20.8 Å². The van der Waals surface area contributed by atoms with Crippen molar-refractivity contribution in [1.29, 1.82) is 0 Å². The molecule has 0 saturated heterocycles. The van der Waals surface area contributed by atoms with Crippen LogP contribution in [0.15, 0.2) is 12.3 Å². The summed E-state index contributed by atoms with van der Waals surface area (Å²) in [5.74, 6) is 1.94. The fourth-order valence-corrected chi connectivity index (χ4v) is 1.26. The Bertz CT molecular complexity index is 326. The van der Waals surface area contributed by atoms with Gasteiger partial charge in [-0.25, -0.2) is 4.98 Å². The lowest BCUT2D eigenvalue weighted by molar-refractivity contribution is 0.439. The Morgan fingerprint density at radius 3 is 2.67 bits per heavy atom. The van der Waals surface area contributed by atoms with Gasteiger partial charge in [0.2, 0.25) is 0 Å². The highest BCUT2D eigenvalue weighted by molar-refractivity contribution is 6.30. The van der Waals surface area contributed by atoms with Gasteiger partial charge in [0.15, 0.2) is 0 Å². The molecule has 0 amide bonds. The fourth-order valence-electron chi connectivity index (χ4n) is 1.10. The highest BCUT2D eigenvalue weighted by Crippen LogP contribution is 2.20. The van der Waals surface area contributed by atoms with E-state index >= 15 is 0 Å². The number of nitrogens with one attached hydrogen (secondary N) is 1. The highest BCUT2D eigenvalue weighted by Gasteiger charge is 2.08. The molecule has 1 heterocycles. The van der Waals surface area contributed by atoms with Gasteiger partial charge in [-0.2, -0.15) is 0 Å². The quantitative estimate of drug-likeness (QED) is 0.832. The predicted octanol–water partition coefficient (Wildman–Crippen LogP) is 3.02. The zero-order valence-corrected chi connectivity index (χ0v) is 10.2. The average Bonchev–Trinajstić information content (AvgIpc) is 2.15. The minimum Gasteiger partial charge on any atom is -0.396 e. The maximum atomic E-state index is 5.77. The molecule has 0 saturated carbocycles. The average molecular weight is 228 g/mol. The first-order valence-electron chi connectivity index (χ1n) is 5.15. The number of nitrogen functional groups attached to an aromatic ring is 1. The summed E-state index contributed by atoms with van der Waals surface area (Å²) < 4.78 is 0. The number of pyridine rings is 1. The molecule has 4 heteroatoms. The van der Waals surface area contributed by atoms with Crippen molar-refractivity contribution in [3.8, 4) is 0 Å². The molecule has 1 atom stereocenters. The van der Waals surface area contributed by atoms with E-state index in [1.54, 1.807) is 12.3 Å². The van der Waals surface area contributed by atoms with Crippen molar-refractivity contribution in [2.24, 2.45) is 11.8 Å². The standard InChI is InChI=1S/C11H18ClN3/c1-7(2)8(3)5-14-11-10(13)4-9(12)6-15-11/h4,6-8H,5,13H2,1-3H3,(H,14,15). The number of nitrogens with zero attached hydrogens (tertiary/aromatic N) is 1. The van der Waals surface area contributed by atoms with Gasteiger partial charge < -0.3 is 11.1 Å². The minimum atomic E-state index is 0.565. The molecule has 1 rings (SSSR count). The third-order valence-electron chi connectivity index (χ3n) is 2.61. The summed E-state index contributed by atoms with van der Waals surface area (Å²) in [6.45, 7) is 7.47. The highest BCUT2D eigenvalue weighted by atomic mass is 35.5. The van der Waals surface area contributed by atoms with Crippen LogP contribution in [0, 0.1) is 11.8 Å². The molecule has 0 aliphatic heterocycles. The molecule has 3 nitrogen and oxygen atoms in total. The van der Waals surface area contributed by atoms with E-state index < -0.39 is 0 Å². The van der Waals surface area contributed by atoms with Crippen LogP contribution in [0.3, 0.4) is 0 Å². The summed E-state index contributed by atoms with van der Waals surface area (Å²) in [6, 6.07) is 1.71. The van der Waals surface area contributed by atoms with Gasteiger partial charge in [-0.3, -0.25) is 0 Å². The molecule has 1 unspecified atom stereocenters. The van der Waals surface area contributed by atoms with Gasteiger partial charge in [0.25, 0.3) is 0 Å². The summed E-state index contributed by atoms with van der Waals surface area (Å²) >= 11 is 5.76. The molecule has 0 spiro atoms. The zero-order chi connectivity index (χ0) is 11.4. The van der Waals surface area contributed by atoms with Gasteiger partial charge in [-0.15, -0.1) is 0 Å². The molecule has 0 bridgehead atoms. The lowest BCUT2D eigenvalue weighted by atomic mass is 9.98. The van der Waals surface area contributed by atoms with Crippen LogP contribution >= 0.6 is 11.6 Å². The van der Waals surface area contributed by atoms with E-state index in [2.05, 4.69) is 31.1 Å². The van der Waals surface area contributed by atoms with Crippen molar-refractivity contribution in [3.63, 3.8) is 0 Å². The summed E-state index contributed by atoms with van der Waals surface area (Å²) in [5.41, 5.74) is 6.37. The molecular weight excluding hydrogens is 210 g/mol. The van der Waals surface area contributed by atoms with Gasteiger partial charge in [-0.05, 0) is 17.9 Å². The van der Waals surface area contributed by atoms with Crippen molar-refractivity contribution in [2.75, 3.05) is 17.6 Å². The van der Waals surface area contributed by atoms with E-state index in [0.717, 1.165) is 6.54 Å². The molecule has 15 heavy (non-hydrogen) atoms. The summed E-state index contributed by atoms with van der Waals surface area (Å²) in [6.07, 6.45) is 1.60. The number of anilines is 2. The maximum absolute atomic E-state index is 5.77. The van der Waals surface area contributed by atoms with Crippen molar-refractivity contribution in [3.05, 3.63) is 17.3 Å². The number of nitrogens with two attached hydrogens (primary N) is 1. The van der Waals surface area contributed by atoms with Crippen molar-refractivity contribution in [1.82, 2.24) is 4.98 Å². The first-order chi connectivity index (χ1) is 7.00. The molecule has 84 valence electrons. The van der Waals surface area contributed by atoms with Crippen LogP contribution in [-0.2, 0) is 0 Å². The molecule has 0 fully saturated rings. The molecular formula is C11H18ClN3. The maximum Gasteiger partial charge on any atom is 0.149 e. The topological polar surface area (TPSA) is 50.9 Å². The number of hydrogen-bond acceptors (Lipinski definition) is 3. The summed E-state index contributed by atoms with van der Waals surface area (Å²) in [5, 5.41) is 3.79. The van der Waals surface area contributed by atoms with Gasteiger partial charge >= 0.3 is 0 Å². The molecule has 0 radical (unpaired) electrons. The minimum absolute atomic E-state index is 0.565. The van der Waals surface area contributed by atoms with E-state index in [1.807, 2.05) is 0 Å². The SMILES string of the molecule is CC(C)C(C)CNc1ncc(Cl)cc1N. The van der Waals surface area contributed by atoms with E-state index in [1.165, 1.54) is 0 Å². The number of rotatable bonds is 4. The molecule has 0 aliphatic carbocycles. The lowest BCUT2D eigenvalue weighted by Gasteiger charge is -2.17. The second kappa shape index (κ2) is 5.21. The van der Waals surface area contributed by atoms with Gasteiger partial charge in [0, 0.05) is 12.7 Å². The van der Waals surface area contributed by atoms with Gasteiger partial charge in [-0.1, -0.05) is 32.4 Å². The van der Waals surface area contributed by atoms with Gasteiger partial charge in [0.05, 0.1) is 10.7 Å². The molecule has 0 aromatic carbocycles. The normalized spacial score (nSPS) is 12.9. The third kappa shape index (κ3) is 3.59. The van der Waals surface area contributed by atoms with E-state index in [9.17, 15) is 0 Å². The van der Waals surface area contributed by atoms with Crippen LogP contribution < -0.4 is 11.1 Å². The Balaban J connectivity index is 2.58.